The van der Waals surface area contributed by atoms with Crippen molar-refractivity contribution < 1.29 is 40.9 Å². The number of hydrogen-bond donors (Lipinski definition) is 1. The summed E-state index contributed by atoms with van der Waals surface area (Å²) in [6.45, 7) is 0. The molecule has 0 amide bonds. The van der Waals surface area contributed by atoms with Gasteiger partial charge in [-0.3, -0.25) is 0 Å². The Morgan fingerprint density at radius 2 is 1.53 bits per heavy atom. The number of aromatic nitrogens is 2. The minimum atomic E-state index is -5.31. The van der Waals surface area contributed by atoms with E-state index in [0.717, 1.165) is 0 Å². The topological polar surface area (TPSA) is 80.1 Å². The molecule has 0 saturated carbocycles. The SMILES string of the molecule is COc1ccc(-c2cc(C(F)(F)F)nc(N3N=C(c4ccccc4)CC3(O)C(F)(F)F)n2)cc1OC. The number of anilines is 1. The molecule has 0 bridgehead atoms. The van der Waals surface area contributed by atoms with Crippen LogP contribution in [-0.4, -0.2) is 46.9 Å². The van der Waals surface area contributed by atoms with E-state index in [1.165, 1.54) is 44.6 Å². The van der Waals surface area contributed by atoms with Crippen LogP contribution in [0.2, 0.25) is 0 Å². The summed E-state index contributed by atoms with van der Waals surface area (Å²) in [5, 5.41) is 14.5. The number of methoxy groups -OCH3 is 2. The molecule has 0 fully saturated rings. The number of ether oxygens (including phenoxy) is 2. The second kappa shape index (κ2) is 8.97. The number of hydrogen-bond acceptors (Lipinski definition) is 7. The van der Waals surface area contributed by atoms with Gasteiger partial charge in [0.1, 0.15) is 0 Å². The van der Waals surface area contributed by atoms with E-state index >= 15 is 0 Å². The van der Waals surface area contributed by atoms with Crippen molar-refractivity contribution in [3.05, 3.63) is 65.9 Å². The first-order chi connectivity index (χ1) is 16.9. The molecule has 36 heavy (non-hydrogen) atoms. The van der Waals surface area contributed by atoms with E-state index in [1.807, 2.05) is 0 Å². The number of alkyl halides is 6. The second-order valence-electron chi connectivity index (χ2n) is 7.72. The average molecular weight is 512 g/mol. The summed E-state index contributed by atoms with van der Waals surface area (Å²) in [5.41, 5.74) is -5.47. The van der Waals surface area contributed by atoms with Crippen molar-refractivity contribution >= 4 is 11.7 Å². The lowest BCUT2D eigenvalue weighted by molar-refractivity contribution is -0.254. The predicted octanol–water partition coefficient (Wildman–Crippen LogP) is 5.04. The summed E-state index contributed by atoms with van der Waals surface area (Å²) in [5.74, 6) is -0.656. The molecule has 0 aliphatic carbocycles. The van der Waals surface area contributed by atoms with Crippen LogP contribution in [0.3, 0.4) is 0 Å². The highest BCUT2D eigenvalue weighted by Crippen LogP contribution is 2.44. The highest BCUT2D eigenvalue weighted by Gasteiger charge is 2.63. The Hall–Kier alpha value is -3.87. The van der Waals surface area contributed by atoms with Gasteiger partial charge in [-0.1, -0.05) is 30.3 Å². The Balaban J connectivity index is 1.92. The molecule has 190 valence electrons. The lowest BCUT2D eigenvalue weighted by Gasteiger charge is -2.32. The van der Waals surface area contributed by atoms with E-state index in [0.29, 0.717) is 6.07 Å². The van der Waals surface area contributed by atoms with Crippen LogP contribution in [0.15, 0.2) is 59.7 Å². The highest BCUT2D eigenvalue weighted by molar-refractivity contribution is 6.03. The molecule has 2 aromatic carbocycles. The Bertz CT molecular complexity index is 1300. The van der Waals surface area contributed by atoms with Gasteiger partial charge in [0.05, 0.1) is 32.0 Å². The smallest absolute Gasteiger partial charge is 0.438 e. The number of aliphatic hydroxyl groups is 1. The fraction of sp³-hybridized carbons (Fsp3) is 0.261. The molecule has 4 rings (SSSR count). The normalized spacial score (nSPS) is 18.2. The van der Waals surface area contributed by atoms with E-state index in [-0.39, 0.29) is 39.0 Å². The van der Waals surface area contributed by atoms with E-state index in [1.54, 1.807) is 18.2 Å². The first kappa shape index (κ1) is 25.2. The van der Waals surface area contributed by atoms with Gasteiger partial charge in [-0.2, -0.15) is 36.5 Å². The average Bonchev–Trinajstić information content (AvgIpc) is 3.22. The van der Waals surface area contributed by atoms with E-state index < -0.39 is 36.1 Å². The van der Waals surface area contributed by atoms with Gasteiger partial charge < -0.3 is 14.6 Å². The summed E-state index contributed by atoms with van der Waals surface area (Å²) in [6.07, 6.45) is -11.4. The Kier molecular flexibility index (Phi) is 6.29. The standard InChI is InChI=1S/C23H18F6N4O3/c1-35-17-9-8-14(10-18(17)36-2)15-11-19(22(24,25)26)31-20(30-15)33-21(34,23(27,28)29)12-16(32-33)13-6-4-3-5-7-13/h3-11,34H,12H2,1-2H3. The molecule has 0 radical (unpaired) electrons. The van der Waals surface area contributed by atoms with Crippen LogP contribution < -0.4 is 14.5 Å². The van der Waals surface area contributed by atoms with Crippen LogP contribution in [0.5, 0.6) is 11.5 Å². The van der Waals surface area contributed by atoms with Gasteiger partial charge in [-0.05, 0) is 29.8 Å². The summed E-state index contributed by atoms with van der Waals surface area (Å²) in [4.78, 5) is 7.21. The van der Waals surface area contributed by atoms with Gasteiger partial charge in [0.25, 0.3) is 5.72 Å². The van der Waals surface area contributed by atoms with Crippen molar-refractivity contribution in [1.82, 2.24) is 9.97 Å². The summed E-state index contributed by atoms with van der Waals surface area (Å²) < 4.78 is 93.5. The summed E-state index contributed by atoms with van der Waals surface area (Å²) in [6, 6.07) is 12.3. The van der Waals surface area contributed by atoms with E-state index in [4.69, 9.17) is 9.47 Å². The number of halogens is 6. The molecule has 1 aliphatic rings. The third kappa shape index (κ3) is 4.53. The molecule has 0 spiro atoms. The van der Waals surface area contributed by atoms with Gasteiger partial charge in [-0.15, -0.1) is 0 Å². The highest BCUT2D eigenvalue weighted by atomic mass is 19.4. The minimum Gasteiger partial charge on any atom is -0.493 e. The number of nitrogens with zero attached hydrogens (tertiary/aromatic N) is 4. The molecule has 0 saturated heterocycles. The molecule has 1 unspecified atom stereocenters. The lowest BCUT2D eigenvalue weighted by atomic mass is 10.0. The van der Waals surface area contributed by atoms with Crippen molar-refractivity contribution in [3.63, 3.8) is 0 Å². The lowest BCUT2D eigenvalue weighted by Crippen LogP contribution is -2.55. The maximum Gasteiger partial charge on any atom is 0.438 e. The monoisotopic (exact) mass is 512 g/mol. The number of hydrazone groups is 1. The largest absolute Gasteiger partial charge is 0.493 e. The molecule has 1 aliphatic heterocycles. The van der Waals surface area contributed by atoms with Gasteiger partial charge in [0.2, 0.25) is 5.95 Å². The summed E-state index contributed by atoms with van der Waals surface area (Å²) >= 11 is 0. The van der Waals surface area contributed by atoms with Crippen LogP contribution in [0.25, 0.3) is 11.3 Å². The molecule has 2 heterocycles. The Morgan fingerprint density at radius 3 is 2.11 bits per heavy atom. The molecule has 3 aromatic rings. The Morgan fingerprint density at radius 1 is 0.861 bits per heavy atom. The molecule has 7 nitrogen and oxygen atoms in total. The van der Waals surface area contributed by atoms with Gasteiger partial charge in [-0.25, -0.2) is 9.97 Å². The second-order valence-corrected chi connectivity index (χ2v) is 7.72. The fourth-order valence-corrected chi connectivity index (χ4v) is 3.59. The van der Waals surface area contributed by atoms with Crippen LogP contribution in [-0.2, 0) is 6.18 Å². The number of rotatable bonds is 5. The van der Waals surface area contributed by atoms with Gasteiger partial charge in [0, 0.05) is 5.56 Å². The van der Waals surface area contributed by atoms with Crippen LogP contribution in [0.4, 0.5) is 32.3 Å². The first-order valence-corrected chi connectivity index (χ1v) is 10.3. The third-order valence-corrected chi connectivity index (χ3v) is 5.42. The fourth-order valence-electron chi connectivity index (χ4n) is 3.59. The van der Waals surface area contributed by atoms with Crippen molar-refractivity contribution in [3.8, 4) is 22.8 Å². The molecular weight excluding hydrogens is 494 g/mol. The van der Waals surface area contributed by atoms with Gasteiger partial charge in [0.15, 0.2) is 17.2 Å². The predicted molar refractivity (Wildman–Crippen MR) is 117 cm³/mol. The van der Waals surface area contributed by atoms with Crippen molar-refractivity contribution in [1.29, 1.82) is 0 Å². The summed E-state index contributed by atoms with van der Waals surface area (Å²) in [7, 11) is 2.66. The first-order valence-electron chi connectivity index (χ1n) is 10.3. The molecule has 1 aromatic heterocycles. The zero-order chi connectivity index (χ0) is 26.3. The van der Waals surface area contributed by atoms with Crippen molar-refractivity contribution in [2.45, 2.75) is 24.5 Å². The molecule has 1 N–H and O–H groups in total. The van der Waals surface area contributed by atoms with Crippen molar-refractivity contribution in [2.24, 2.45) is 5.10 Å². The van der Waals surface area contributed by atoms with Gasteiger partial charge >= 0.3 is 12.4 Å². The van der Waals surface area contributed by atoms with Crippen LogP contribution in [0.1, 0.15) is 17.7 Å². The van der Waals surface area contributed by atoms with Crippen LogP contribution in [0, 0.1) is 0 Å². The molecule has 1 atom stereocenters. The quantitative estimate of drug-likeness (QED) is 0.483. The maximum atomic E-state index is 14.0. The molecular formula is C23H18F6N4O3. The molecule has 13 heteroatoms. The zero-order valence-electron chi connectivity index (χ0n) is 18.7. The number of benzene rings is 2. The van der Waals surface area contributed by atoms with E-state index in [9.17, 15) is 31.4 Å². The third-order valence-electron chi connectivity index (χ3n) is 5.42. The van der Waals surface area contributed by atoms with Crippen molar-refractivity contribution in [2.75, 3.05) is 19.2 Å². The maximum absolute atomic E-state index is 14.0. The van der Waals surface area contributed by atoms with E-state index in [2.05, 4.69) is 15.1 Å². The zero-order valence-corrected chi connectivity index (χ0v) is 18.7. The Labute approximate surface area is 200 Å². The van der Waals surface area contributed by atoms with Crippen LogP contribution >= 0.6 is 0 Å². The minimum absolute atomic E-state index is 0.0190.